The highest BCUT2D eigenvalue weighted by atomic mass is 35.5. The third-order valence-electron chi connectivity index (χ3n) is 6.16. The monoisotopic (exact) mass is 284 g/mol. The fourth-order valence-corrected chi connectivity index (χ4v) is 5.12. The first-order chi connectivity index (χ1) is 8.64. The quantitative estimate of drug-likeness (QED) is 0.834. The molecule has 108 valence electrons. The van der Waals surface area contributed by atoms with E-state index in [4.69, 9.17) is 5.73 Å². The van der Waals surface area contributed by atoms with Crippen molar-refractivity contribution in [3.8, 4) is 0 Å². The lowest BCUT2D eigenvalue weighted by Gasteiger charge is -2.54. The number of hydrogen-bond acceptors (Lipinski definition) is 2. The fraction of sp³-hybridized carbons (Fsp3) is 0.933. The van der Waals surface area contributed by atoms with Gasteiger partial charge in [-0.05, 0) is 74.5 Å². The molecule has 0 aromatic heterocycles. The van der Waals surface area contributed by atoms with Crippen LogP contribution in [-0.2, 0) is 4.79 Å². The van der Waals surface area contributed by atoms with Crippen LogP contribution in [0.2, 0.25) is 0 Å². The van der Waals surface area contributed by atoms with E-state index in [0.717, 1.165) is 49.0 Å². The third kappa shape index (κ3) is 2.29. The minimum Gasteiger partial charge on any atom is -0.354 e. The summed E-state index contributed by atoms with van der Waals surface area (Å²) in [4.78, 5) is 11.9. The van der Waals surface area contributed by atoms with Crippen molar-refractivity contribution in [2.24, 2.45) is 35.3 Å². The molecular weight excluding hydrogens is 260 g/mol. The first kappa shape index (κ1) is 13.7. The van der Waals surface area contributed by atoms with E-state index in [1.165, 1.54) is 32.1 Å². The summed E-state index contributed by atoms with van der Waals surface area (Å²) < 4.78 is 0. The second kappa shape index (κ2) is 4.63. The lowest BCUT2D eigenvalue weighted by atomic mass is 9.52. The highest BCUT2D eigenvalue weighted by molar-refractivity contribution is 5.88. The molecule has 5 fully saturated rings. The van der Waals surface area contributed by atoms with Gasteiger partial charge in [-0.2, -0.15) is 0 Å². The van der Waals surface area contributed by atoms with Gasteiger partial charge in [0.05, 0.1) is 5.54 Å². The Kier molecular flexibility index (Phi) is 3.33. The summed E-state index contributed by atoms with van der Waals surface area (Å²) in [6.07, 6.45) is 8.98. The van der Waals surface area contributed by atoms with E-state index in [2.05, 4.69) is 5.32 Å². The van der Waals surface area contributed by atoms with Crippen LogP contribution in [-0.4, -0.2) is 18.0 Å². The van der Waals surface area contributed by atoms with Crippen molar-refractivity contribution in [1.82, 2.24) is 5.32 Å². The molecule has 3 nitrogen and oxygen atoms in total. The zero-order valence-corrected chi connectivity index (χ0v) is 12.3. The third-order valence-corrected chi connectivity index (χ3v) is 6.16. The second-order valence-electron chi connectivity index (χ2n) is 7.46. The van der Waals surface area contributed by atoms with Gasteiger partial charge in [0.15, 0.2) is 0 Å². The molecule has 1 amide bonds. The number of carbonyl (C=O) groups excluding carboxylic acids is 1. The predicted octanol–water partition coefficient (Wildman–Crippen LogP) is 2.09. The van der Waals surface area contributed by atoms with Crippen molar-refractivity contribution >= 4 is 18.3 Å². The van der Waals surface area contributed by atoms with Gasteiger partial charge in [0.2, 0.25) is 5.91 Å². The zero-order chi connectivity index (χ0) is 12.3. The fourth-order valence-electron chi connectivity index (χ4n) is 5.12. The van der Waals surface area contributed by atoms with Crippen LogP contribution >= 0.6 is 12.4 Å². The summed E-state index contributed by atoms with van der Waals surface area (Å²) >= 11 is 0. The molecule has 0 atom stereocenters. The molecule has 4 heteroatoms. The van der Waals surface area contributed by atoms with Gasteiger partial charge in [0.1, 0.15) is 0 Å². The molecule has 0 aromatic rings. The van der Waals surface area contributed by atoms with Gasteiger partial charge < -0.3 is 11.1 Å². The van der Waals surface area contributed by atoms with Gasteiger partial charge in [0, 0.05) is 6.54 Å². The number of rotatable bonds is 3. The lowest BCUT2D eigenvalue weighted by molar-refractivity contribution is -0.124. The number of nitrogens with one attached hydrogen (secondary N) is 1. The average molecular weight is 285 g/mol. The smallest absolute Gasteiger partial charge is 0.240 e. The van der Waals surface area contributed by atoms with E-state index in [9.17, 15) is 4.79 Å². The lowest BCUT2D eigenvalue weighted by Crippen LogP contribution is -2.51. The van der Waals surface area contributed by atoms with Crippen LogP contribution in [0, 0.1) is 29.6 Å². The molecule has 0 saturated heterocycles. The van der Waals surface area contributed by atoms with E-state index in [1.807, 2.05) is 0 Å². The molecule has 5 aliphatic carbocycles. The zero-order valence-electron chi connectivity index (χ0n) is 11.4. The SMILES string of the molecule is Cl.NC1(C(=O)NCC2C3CC4CC(C3)CC2C4)CC1. The number of halogens is 1. The molecule has 0 aromatic carbocycles. The molecule has 5 aliphatic rings. The highest BCUT2D eigenvalue weighted by Crippen LogP contribution is 2.56. The minimum atomic E-state index is -0.494. The van der Waals surface area contributed by atoms with Crippen molar-refractivity contribution in [1.29, 1.82) is 0 Å². The van der Waals surface area contributed by atoms with Gasteiger partial charge in [0.25, 0.3) is 0 Å². The van der Waals surface area contributed by atoms with Crippen LogP contribution in [0.3, 0.4) is 0 Å². The molecule has 3 N–H and O–H groups in total. The molecule has 0 unspecified atom stereocenters. The molecule has 19 heavy (non-hydrogen) atoms. The van der Waals surface area contributed by atoms with Crippen molar-refractivity contribution in [2.45, 2.75) is 50.5 Å². The van der Waals surface area contributed by atoms with Gasteiger partial charge in [-0.15, -0.1) is 12.4 Å². The Hall–Kier alpha value is -0.280. The molecule has 0 spiro atoms. The van der Waals surface area contributed by atoms with E-state index in [1.54, 1.807) is 0 Å². The van der Waals surface area contributed by atoms with Gasteiger partial charge in [-0.3, -0.25) is 4.79 Å². The summed E-state index contributed by atoms with van der Waals surface area (Å²) in [6.45, 7) is 0.895. The molecule has 5 saturated carbocycles. The van der Waals surface area contributed by atoms with Gasteiger partial charge >= 0.3 is 0 Å². The van der Waals surface area contributed by atoms with Crippen LogP contribution in [0.15, 0.2) is 0 Å². The minimum absolute atomic E-state index is 0. The summed E-state index contributed by atoms with van der Waals surface area (Å²) in [5.74, 6) is 4.69. The van der Waals surface area contributed by atoms with E-state index in [0.29, 0.717) is 0 Å². The number of amides is 1. The van der Waals surface area contributed by atoms with Crippen molar-refractivity contribution in [3.05, 3.63) is 0 Å². The van der Waals surface area contributed by atoms with Crippen LogP contribution in [0.1, 0.15) is 44.9 Å². The average Bonchev–Trinajstić information content (AvgIpc) is 3.06. The van der Waals surface area contributed by atoms with E-state index >= 15 is 0 Å². The number of carbonyl (C=O) groups is 1. The Morgan fingerprint density at radius 2 is 1.58 bits per heavy atom. The Morgan fingerprint density at radius 3 is 2.05 bits per heavy atom. The van der Waals surface area contributed by atoms with Crippen molar-refractivity contribution < 1.29 is 4.79 Å². The summed E-state index contributed by atoms with van der Waals surface area (Å²) in [6, 6.07) is 0. The van der Waals surface area contributed by atoms with Crippen LogP contribution in [0.4, 0.5) is 0 Å². The second-order valence-corrected chi connectivity index (χ2v) is 7.46. The maximum atomic E-state index is 11.9. The van der Waals surface area contributed by atoms with Gasteiger partial charge in [-0.1, -0.05) is 0 Å². The Labute approximate surface area is 121 Å². The first-order valence-electron chi connectivity index (χ1n) is 7.71. The maximum Gasteiger partial charge on any atom is 0.240 e. The summed E-state index contributed by atoms with van der Waals surface area (Å²) in [5.41, 5.74) is 5.44. The molecular formula is C15H25ClN2O. The molecule has 0 heterocycles. The standard InChI is InChI=1S/C15H24N2O.ClH/c16-15(1-2-15)14(18)17-8-13-11-4-9-3-10(6-11)7-12(13)5-9;/h9-13H,1-8,16H2,(H,17,18);1H. The number of nitrogens with two attached hydrogens (primary N) is 1. The molecule has 0 aliphatic heterocycles. The van der Waals surface area contributed by atoms with Crippen molar-refractivity contribution in [3.63, 3.8) is 0 Å². The summed E-state index contributed by atoms with van der Waals surface area (Å²) in [7, 11) is 0. The number of hydrogen-bond donors (Lipinski definition) is 2. The summed E-state index contributed by atoms with van der Waals surface area (Å²) in [5, 5.41) is 3.15. The van der Waals surface area contributed by atoms with Crippen LogP contribution < -0.4 is 11.1 Å². The first-order valence-corrected chi connectivity index (χ1v) is 7.71. The van der Waals surface area contributed by atoms with Crippen LogP contribution in [0.5, 0.6) is 0 Å². The Balaban J connectivity index is 0.00000110. The molecule has 4 bridgehead atoms. The van der Waals surface area contributed by atoms with Gasteiger partial charge in [-0.25, -0.2) is 0 Å². The largest absolute Gasteiger partial charge is 0.354 e. The van der Waals surface area contributed by atoms with E-state index in [-0.39, 0.29) is 18.3 Å². The predicted molar refractivity (Wildman–Crippen MR) is 76.9 cm³/mol. The Bertz CT molecular complexity index is 352. The highest BCUT2D eigenvalue weighted by Gasteiger charge is 2.49. The molecule has 5 rings (SSSR count). The maximum absolute atomic E-state index is 11.9. The Morgan fingerprint density at radius 1 is 1.05 bits per heavy atom. The van der Waals surface area contributed by atoms with E-state index < -0.39 is 5.54 Å². The molecule has 0 radical (unpaired) electrons. The topological polar surface area (TPSA) is 55.1 Å². The van der Waals surface area contributed by atoms with Crippen LogP contribution in [0.25, 0.3) is 0 Å². The normalized spacial score (nSPS) is 44.6. The van der Waals surface area contributed by atoms with Crippen molar-refractivity contribution in [2.75, 3.05) is 6.54 Å².